The Morgan fingerprint density at radius 1 is 1.33 bits per heavy atom. The number of hydrogen-bond donors (Lipinski definition) is 1. The van der Waals surface area contributed by atoms with Gasteiger partial charge in [0.05, 0.1) is 18.1 Å². The maximum atomic E-state index is 12.1. The molecule has 0 unspecified atom stereocenters. The Morgan fingerprint density at radius 3 is 3.00 bits per heavy atom. The van der Waals surface area contributed by atoms with Gasteiger partial charge in [-0.15, -0.1) is 0 Å². The van der Waals surface area contributed by atoms with E-state index >= 15 is 0 Å². The highest BCUT2D eigenvalue weighted by atomic mass is 16.1. The minimum Gasteiger partial charge on any atom is -0.315 e. The fourth-order valence-corrected chi connectivity index (χ4v) is 2.10. The topological polar surface area (TPSA) is 46.9 Å². The van der Waals surface area contributed by atoms with Gasteiger partial charge in [-0.2, -0.15) is 5.10 Å². The molecule has 3 rings (SSSR count). The first-order chi connectivity index (χ1) is 8.84. The molecule has 0 spiro atoms. The van der Waals surface area contributed by atoms with Gasteiger partial charge in [-0.1, -0.05) is 18.2 Å². The Balaban J connectivity index is 1.71. The third-order valence-corrected chi connectivity index (χ3v) is 3.39. The third-order valence-electron chi connectivity index (χ3n) is 3.39. The SMILES string of the molecule is O=c1c2ccccc2cnn1CCNCC1CC1. The summed E-state index contributed by atoms with van der Waals surface area (Å²) >= 11 is 0. The molecule has 4 heteroatoms. The fraction of sp³-hybridized carbons (Fsp3) is 0.429. The van der Waals surface area contributed by atoms with Crippen molar-refractivity contribution in [2.75, 3.05) is 13.1 Å². The number of nitrogens with one attached hydrogen (secondary N) is 1. The maximum Gasteiger partial charge on any atom is 0.274 e. The van der Waals surface area contributed by atoms with Gasteiger partial charge in [0, 0.05) is 11.9 Å². The molecule has 1 aliphatic rings. The molecule has 4 nitrogen and oxygen atoms in total. The standard InChI is InChI=1S/C14H17N3O/c18-14-13-4-2-1-3-12(13)10-16-17(14)8-7-15-9-11-5-6-11/h1-4,10-11,15H,5-9H2. The smallest absolute Gasteiger partial charge is 0.274 e. The lowest BCUT2D eigenvalue weighted by Gasteiger charge is -2.06. The molecular formula is C14H17N3O. The normalized spacial score (nSPS) is 15.1. The Hall–Kier alpha value is -1.68. The van der Waals surface area contributed by atoms with Crippen LogP contribution in [-0.4, -0.2) is 22.9 Å². The summed E-state index contributed by atoms with van der Waals surface area (Å²) < 4.78 is 1.54. The molecule has 1 fully saturated rings. The molecule has 1 aliphatic carbocycles. The number of nitrogens with zero attached hydrogens (tertiary/aromatic N) is 2. The van der Waals surface area contributed by atoms with E-state index in [-0.39, 0.29) is 5.56 Å². The molecule has 1 heterocycles. The van der Waals surface area contributed by atoms with Gasteiger partial charge in [-0.05, 0) is 31.4 Å². The highest BCUT2D eigenvalue weighted by molar-refractivity contribution is 5.80. The number of hydrogen-bond acceptors (Lipinski definition) is 3. The summed E-state index contributed by atoms with van der Waals surface area (Å²) in [5.41, 5.74) is 0.00122. The number of rotatable bonds is 5. The molecule has 0 atom stereocenters. The van der Waals surface area contributed by atoms with Crippen LogP contribution in [0.3, 0.4) is 0 Å². The summed E-state index contributed by atoms with van der Waals surface area (Å²) in [7, 11) is 0. The Morgan fingerprint density at radius 2 is 2.17 bits per heavy atom. The van der Waals surface area contributed by atoms with E-state index in [2.05, 4.69) is 10.4 Å². The summed E-state index contributed by atoms with van der Waals surface area (Å²) in [6.07, 6.45) is 4.46. The van der Waals surface area contributed by atoms with Crippen molar-refractivity contribution in [1.82, 2.24) is 15.1 Å². The van der Waals surface area contributed by atoms with Crippen LogP contribution in [-0.2, 0) is 6.54 Å². The van der Waals surface area contributed by atoms with Crippen LogP contribution in [0.1, 0.15) is 12.8 Å². The molecule has 0 aliphatic heterocycles. The molecule has 0 radical (unpaired) electrons. The highest BCUT2D eigenvalue weighted by Crippen LogP contribution is 2.27. The monoisotopic (exact) mass is 243 g/mol. The van der Waals surface area contributed by atoms with Crippen molar-refractivity contribution < 1.29 is 0 Å². The quantitative estimate of drug-likeness (QED) is 0.807. The largest absolute Gasteiger partial charge is 0.315 e. The van der Waals surface area contributed by atoms with Crippen molar-refractivity contribution in [2.45, 2.75) is 19.4 Å². The molecule has 1 aromatic carbocycles. The molecular weight excluding hydrogens is 226 g/mol. The zero-order valence-corrected chi connectivity index (χ0v) is 10.3. The molecule has 0 saturated heterocycles. The van der Waals surface area contributed by atoms with E-state index in [9.17, 15) is 4.79 Å². The minimum absolute atomic E-state index is 0.00122. The first kappa shape index (κ1) is 11.4. The van der Waals surface area contributed by atoms with E-state index in [1.165, 1.54) is 12.8 Å². The second-order valence-corrected chi connectivity index (χ2v) is 4.91. The summed E-state index contributed by atoms with van der Waals surface area (Å²) in [4.78, 5) is 12.1. The summed E-state index contributed by atoms with van der Waals surface area (Å²) in [6, 6.07) is 7.58. The fourth-order valence-electron chi connectivity index (χ4n) is 2.10. The lowest BCUT2D eigenvalue weighted by atomic mass is 10.2. The zero-order valence-electron chi connectivity index (χ0n) is 10.3. The molecule has 0 amide bonds. The molecule has 0 bridgehead atoms. The van der Waals surface area contributed by atoms with Gasteiger partial charge in [-0.3, -0.25) is 4.79 Å². The van der Waals surface area contributed by atoms with Crippen molar-refractivity contribution in [1.29, 1.82) is 0 Å². The molecule has 1 saturated carbocycles. The van der Waals surface area contributed by atoms with Gasteiger partial charge in [0.1, 0.15) is 0 Å². The zero-order chi connectivity index (χ0) is 12.4. The van der Waals surface area contributed by atoms with Crippen molar-refractivity contribution in [3.05, 3.63) is 40.8 Å². The summed E-state index contributed by atoms with van der Waals surface area (Å²) in [6.45, 7) is 2.51. The van der Waals surface area contributed by atoms with Crippen LogP contribution in [0.15, 0.2) is 35.3 Å². The second-order valence-electron chi connectivity index (χ2n) is 4.91. The molecule has 94 valence electrons. The molecule has 2 aromatic rings. The number of aromatic nitrogens is 2. The van der Waals surface area contributed by atoms with Crippen LogP contribution < -0.4 is 10.9 Å². The number of fused-ring (bicyclic) bond motifs is 1. The van der Waals surface area contributed by atoms with Crippen LogP contribution in [0, 0.1) is 5.92 Å². The third kappa shape index (κ3) is 2.43. The predicted molar refractivity (Wildman–Crippen MR) is 71.6 cm³/mol. The highest BCUT2D eigenvalue weighted by Gasteiger charge is 2.19. The lowest BCUT2D eigenvalue weighted by molar-refractivity contribution is 0.526. The first-order valence-corrected chi connectivity index (χ1v) is 6.50. The Bertz CT molecular complexity index is 601. The van der Waals surface area contributed by atoms with Gasteiger partial charge in [0.15, 0.2) is 0 Å². The van der Waals surface area contributed by atoms with Crippen molar-refractivity contribution in [2.24, 2.45) is 5.92 Å². The van der Waals surface area contributed by atoms with Crippen LogP contribution in [0.25, 0.3) is 10.8 Å². The molecule has 1 N–H and O–H groups in total. The van der Waals surface area contributed by atoms with Crippen LogP contribution >= 0.6 is 0 Å². The van der Waals surface area contributed by atoms with Crippen molar-refractivity contribution in [3.63, 3.8) is 0 Å². The first-order valence-electron chi connectivity index (χ1n) is 6.50. The number of benzene rings is 1. The van der Waals surface area contributed by atoms with E-state index in [0.717, 1.165) is 29.8 Å². The maximum absolute atomic E-state index is 12.1. The van der Waals surface area contributed by atoms with E-state index in [4.69, 9.17) is 0 Å². The van der Waals surface area contributed by atoms with Gasteiger partial charge in [-0.25, -0.2) is 4.68 Å². The van der Waals surface area contributed by atoms with Crippen LogP contribution in [0.5, 0.6) is 0 Å². The molecule has 1 aromatic heterocycles. The lowest BCUT2D eigenvalue weighted by Crippen LogP contribution is -2.29. The summed E-state index contributed by atoms with van der Waals surface area (Å²) in [5.74, 6) is 0.867. The average Bonchev–Trinajstić information content (AvgIpc) is 3.21. The average molecular weight is 243 g/mol. The Labute approximate surface area is 106 Å². The van der Waals surface area contributed by atoms with Crippen LogP contribution in [0.4, 0.5) is 0 Å². The van der Waals surface area contributed by atoms with Crippen molar-refractivity contribution in [3.8, 4) is 0 Å². The minimum atomic E-state index is 0.00122. The second kappa shape index (κ2) is 4.90. The van der Waals surface area contributed by atoms with Crippen LogP contribution in [0.2, 0.25) is 0 Å². The van der Waals surface area contributed by atoms with Gasteiger partial charge < -0.3 is 5.32 Å². The van der Waals surface area contributed by atoms with E-state index < -0.39 is 0 Å². The predicted octanol–water partition coefficient (Wildman–Crippen LogP) is 1.40. The van der Waals surface area contributed by atoms with Gasteiger partial charge in [0.25, 0.3) is 5.56 Å². The molecule has 18 heavy (non-hydrogen) atoms. The van der Waals surface area contributed by atoms with E-state index in [1.807, 2.05) is 24.3 Å². The van der Waals surface area contributed by atoms with Gasteiger partial charge >= 0.3 is 0 Å². The van der Waals surface area contributed by atoms with E-state index in [1.54, 1.807) is 10.9 Å². The summed E-state index contributed by atoms with van der Waals surface area (Å²) in [5, 5.41) is 9.23. The van der Waals surface area contributed by atoms with Gasteiger partial charge in [0.2, 0.25) is 0 Å². The Kier molecular flexibility index (Phi) is 3.11. The van der Waals surface area contributed by atoms with Crippen molar-refractivity contribution >= 4 is 10.8 Å². The van der Waals surface area contributed by atoms with E-state index in [0.29, 0.717) is 6.54 Å².